The molecular weight excluding hydrogens is 198 g/mol. The molecule has 16 heavy (non-hydrogen) atoms. The highest BCUT2D eigenvalue weighted by Gasteiger charge is 2.44. The van der Waals surface area contributed by atoms with E-state index in [1.54, 1.807) is 0 Å². The molecule has 0 spiro atoms. The Morgan fingerprint density at radius 3 is 2.56 bits per heavy atom. The Hall–Kier alpha value is -0.530. The molecule has 1 aliphatic heterocycles. The van der Waals surface area contributed by atoms with Crippen LogP contribution in [0.1, 0.15) is 53.4 Å². The van der Waals surface area contributed by atoms with Gasteiger partial charge in [0, 0.05) is 18.0 Å². The van der Waals surface area contributed by atoms with Crippen molar-refractivity contribution in [1.29, 1.82) is 0 Å². The number of fused-ring (bicyclic) bond motifs is 1. The summed E-state index contributed by atoms with van der Waals surface area (Å²) >= 11 is 0. The third-order valence-corrected chi connectivity index (χ3v) is 4.74. The fourth-order valence-corrected chi connectivity index (χ4v) is 3.44. The van der Waals surface area contributed by atoms with Crippen LogP contribution in [0, 0.1) is 17.8 Å². The SMILES string of the molecule is CC(C)C(C)C(=O)N1C2CCCC2C[C@H]1C. The number of carbonyl (C=O) groups excluding carboxylic acids is 1. The highest BCUT2D eigenvalue weighted by Crippen LogP contribution is 2.41. The highest BCUT2D eigenvalue weighted by molar-refractivity contribution is 5.79. The Morgan fingerprint density at radius 2 is 1.94 bits per heavy atom. The van der Waals surface area contributed by atoms with E-state index in [1.165, 1.54) is 25.7 Å². The second-order valence-electron chi connectivity index (χ2n) is 6.12. The summed E-state index contributed by atoms with van der Waals surface area (Å²) in [6.45, 7) is 8.61. The van der Waals surface area contributed by atoms with E-state index >= 15 is 0 Å². The third-order valence-electron chi connectivity index (χ3n) is 4.74. The highest BCUT2D eigenvalue weighted by atomic mass is 16.2. The van der Waals surface area contributed by atoms with Gasteiger partial charge in [0.1, 0.15) is 0 Å². The fraction of sp³-hybridized carbons (Fsp3) is 0.929. The molecule has 2 nitrogen and oxygen atoms in total. The molecule has 0 N–H and O–H groups in total. The molecule has 4 atom stereocenters. The second kappa shape index (κ2) is 4.38. The summed E-state index contributed by atoms with van der Waals surface area (Å²) in [5.74, 6) is 1.84. The van der Waals surface area contributed by atoms with Crippen molar-refractivity contribution in [2.45, 2.75) is 65.5 Å². The van der Waals surface area contributed by atoms with Crippen molar-refractivity contribution in [2.24, 2.45) is 17.8 Å². The van der Waals surface area contributed by atoms with Gasteiger partial charge in [-0.05, 0) is 38.0 Å². The van der Waals surface area contributed by atoms with Crippen molar-refractivity contribution >= 4 is 5.91 Å². The molecule has 0 aromatic rings. The lowest BCUT2D eigenvalue weighted by atomic mass is 9.96. The molecule has 1 saturated carbocycles. The first kappa shape index (κ1) is 11.9. The molecule has 0 aromatic heterocycles. The van der Waals surface area contributed by atoms with Crippen LogP contribution >= 0.6 is 0 Å². The van der Waals surface area contributed by atoms with E-state index in [9.17, 15) is 4.79 Å². The Labute approximate surface area is 99.4 Å². The zero-order chi connectivity index (χ0) is 11.9. The van der Waals surface area contributed by atoms with Gasteiger partial charge in [-0.1, -0.05) is 27.2 Å². The van der Waals surface area contributed by atoms with Crippen LogP contribution in [-0.2, 0) is 4.79 Å². The topological polar surface area (TPSA) is 20.3 Å². The fourth-order valence-electron chi connectivity index (χ4n) is 3.44. The van der Waals surface area contributed by atoms with Gasteiger partial charge in [0.05, 0.1) is 0 Å². The number of nitrogens with zero attached hydrogens (tertiary/aromatic N) is 1. The third kappa shape index (κ3) is 1.87. The summed E-state index contributed by atoms with van der Waals surface area (Å²) in [4.78, 5) is 14.7. The number of hydrogen-bond donors (Lipinski definition) is 0. The predicted octanol–water partition coefficient (Wildman–Crippen LogP) is 3.07. The Bertz CT molecular complexity index is 274. The summed E-state index contributed by atoms with van der Waals surface area (Å²) in [7, 11) is 0. The van der Waals surface area contributed by atoms with Crippen LogP contribution in [0.4, 0.5) is 0 Å². The minimum atomic E-state index is 0.182. The van der Waals surface area contributed by atoms with Crippen molar-refractivity contribution in [3.63, 3.8) is 0 Å². The molecule has 2 fully saturated rings. The first-order valence-corrected chi connectivity index (χ1v) is 6.84. The van der Waals surface area contributed by atoms with Gasteiger partial charge in [-0.25, -0.2) is 0 Å². The Kier molecular flexibility index (Phi) is 3.27. The van der Waals surface area contributed by atoms with Gasteiger partial charge < -0.3 is 4.90 Å². The predicted molar refractivity (Wildman–Crippen MR) is 66.1 cm³/mol. The van der Waals surface area contributed by atoms with E-state index in [0.29, 0.717) is 23.9 Å². The molecule has 2 heteroatoms. The molecule has 0 aromatic carbocycles. The number of amides is 1. The van der Waals surface area contributed by atoms with Crippen LogP contribution in [-0.4, -0.2) is 22.9 Å². The number of likely N-dealkylation sites (tertiary alicyclic amines) is 1. The largest absolute Gasteiger partial charge is 0.336 e. The average molecular weight is 223 g/mol. The molecule has 3 unspecified atom stereocenters. The summed E-state index contributed by atoms with van der Waals surface area (Å²) in [5.41, 5.74) is 0. The Morgan fingerprint density at radius 1 is 1.25 bits per heavy atom. The molecule has 2 aliphatic rings. The van der Waals surface area contributed by atoms with Crippen LogP contribution in [0.2, 0.25) is 0 Å². The van der Waals surface area contributed by atoms with Crippen LogP contribution < -0.4 is 0 Å². The van der Waals surface area contributed by atoms with Gasteiger partial charge >= 0.3 is 0 Å². The summed E-state index contributed by atoms with van der Waals surface area (Å²) in [6, 6.07) is 1.05. The summed E-state index contributed by atoms with van der Waals surface area (Å²) < 4.78 is 0. The molecule has 2 rings (SSSR count). The van der Waals surface area contributed by atoms with Crippen LogP contribution in [0.15, 0.2) is 0 Å². The van der Waals surface area contributed by atoms with Gasteiger partial charge in [-0.3, -0.25) is 4.79 Å². The maximum atomic E-state index is 12.5. The average Bonchev–Trinajstić information content (AvgIpc) is 2.74. The number of rotatable bonds is 2. The van der Waals surface area contributed by atoms with E-state index in [2.05, 4.69) is 32.6 Å². The van der Waals surface area contributed by atoms with Crippen molar-refractivity contribution in [2.75, 3.05) is 0 Å². The van der Waals surface area contributed by atoms with Gasteiger partial charge in [0.25, 0.3) is 0 Å². The number of hydrogen-bond acceptors (Lipinski definition) is 1. The van der Waals surface area contributed by atoms with Crippen molar-refractivity contribution in [3.8, 4) is 0 Å². The van der Waals surface area contributed by atoms with E-state index in [4.69, 9.17) is 0 Å². The lowest BCUT2D eigenvalue weighted by molar-refractivity contribution is -0.139. The van der Waals surface area contributed by atoms with Crippen LogP contribution in [0.3, 0.4) is 0 Å². The number of carbonyl (C=O) groups is 1. The monoisotopic (exact) mass is 223 g/mol. The first-order chi connectivity index (χ1) is 7.52. The van der Waals surface area contributed by atoms with Gasteiger partial charge in [-0.2, -0.15) is 0 Å². The smallest absolute Gasteiger partial charge is 0.226 e. The molecule has 0 bridgehead atoms. The van der Waals surface area contributed by atoms with Gasteiger partial charge in [0.2, 0.25) is 5.91 Å². The van der Waals surface area contributed by atoms with Crippen molar-refractivity contribution < 1.29 is 4.79 Å². The van der Waals surface area contributed by atoms with E-state index in [-0.39, 0.29) is 5.92 Å². The minimum Gasteiger partial charge on any atom is -0.336 e. The molecule has 0 radical (unpaired) electrons. The first-order valence-electron chi connectivity index (χ1n) is 6.84. The summed E-state index contributed by atoms with van der Waals surface area (Å²) in [5, 5.41) is 0. The lowest BCUT2D eigenvalue weighted by Crippen LogP contribution is -2.44. The van der Waals surface area contributed by atoms with Crippen LogP contribution in [0.25, 0.3) is 0 Å². The maximum Gasteiger partial charge on any atom is 0.226 e. The maximum absolute atomic E-state index is 12.5. The van der Waals surface area contributed by atoms with E-state index in [1.807, 2.05) is 0 Å². The second-order valence-corrected chi connectivity index (χ2v) is 6.12. The molecule has 1 amide bonds. The van der Waals surface area contributed by atoms with E-state index in [0.717, 1.165) is 5.92 Å². The molecule has 1 heterocycles. The molecule has 1 saturated heterocycles. The standard InChI is InChI=1S/C14H25NO/c1-9(2)11(4)14(16)15-10(3)8-12-6-5-7-13(12)15/h9-13H,5-8H2,1-4H3/t10-,11?,12?,13?/m1/s1. The quantitative estimate of drug-likeness (QED) is 0.704. The van der Waals surface area contributed by atoms with Crippen LogP contribution in [0.5, 0.6) is 0 Å². The zero-order valence-corrected chi connectivity index (χ0v) is 11.1. The summed E-state index contributed by atoms with van der Waals surface area (Å²) in [6.07, 6.45) is 5.14. The molecule has 1 aliphatic carbocycles. The van der Waals surface area contributed by atoms with E-state index < -0.39 is 0 Å². The Balaban J connectivity index is 2.10. The normalized spacial score (nSPS) is 35.6. The molecule has 92 valence electrons. The lowest BCUT2D eigenvalue weighted by Gasteiger charge is -2.31. The van der Waals surface area contributed by atoms with Crippen molar-refractivity contribution in [1.82, 2.24) is 4.90 Å². The van der Waals surface area contributed by atoms with Crippen molar-refractivity contribution in [3.05, 3.63) is 0 Å². The molecular formula is C14H25NO. The zero-order valence-electron chi connectivity index (χ0n) is 11.1. The van der Waals surface area contributed by atoms with Gasteiger partial charge in [-0.15, -0.1) is 0 Å². The van der Waals surface area contributed by atoms with Gasteiger partial charge in [0.15, 0.2) is 0 Å². The minimum absolute atomic E-state index is 0.182.